The Morgan fingerprint density at radius 1 is 1.09 bits per heavy atom. The maximum Gasteiger partial charge on any atom is 0.255 e. The fourth-order valence-electron chi connectivity index (χ4n) is 6.55. The number of amides is 2. The van der Waals surface area contributed by atoms with E-state index in [1.54, 1.807) is 6.20 Å². The van der Waals surface area contributed by atoms with Gasteiger partial charge in [-0.1, -0.05) is 32.0 Å². The smallest absolute Gasteiger partial charge is 0.255 e. The number of nitrogens with zero attached hydrogens (tertiary/aromatic N) is 4. The zero-order valence-corrected chi connectivity index (χ0v) is 19.5. The van der Waals surface area contributed by atoms with Crippen LogP contribution >= 0.6 is 0 Å². The Labute approximate surface area is 190 Å². The summed E-state index contributed by atoms with van der Waals surface area (Å²) in [6.07, 6.45) is 4.44. The van der Waals surface area contributed by atoms with E-state index in [0.717, 1.165) is 56.3 Å². The molecule has 5 rings (SSSR count). The van der Waals surface area contributed by atoms with Gasteiger partial charge in [-0.05, 0) is 37.3 Å². The van der Waals surface area contributed by atoms with E-state index in [2.05, 4.69) is 23.7 Å². The van der Waals surface area contributed by atoms with Gasteiger partial charge >= 0.3 is 0 Å². The summed E-state index contributed by atoms with van der Waals surface area (Å²) in [5.41, 5.74) is 1.25. The van der Waals surface area contributed by atoms with Crippen molar-refractivity contribution in [2.24, 2.45) is 16.7 Å². The highest BCUT2D eigenvalue weighted by molar-refractivity contribution is 5.97. The van der Waals surface area contributed by atoms with Gasteiger partial charge in [0, 0.05) is 63.3 Å². The number of hydrogen-bond donors (Lipinski definition) is 0. The van der Waals surface area contributed by atoms with Crippen molar-refractivity contribution in [1.29, 1.82) is 0 Å². The number of para-hydroxylation sites is 1. The molecule has 1 aromatic heterocycles. The van der Waals surface area contributed by atoms with Crippen molar-refractivity contribution in [1.82, 2.24) is 19.7 Å². The number of rotatable bonds is 3. The molecule has 0 radical (unpaired) electrons. The molecule has 6 heteroatoms. The van der Waals surface area contributed by atoms with Crippen LogP contribution in [0.5, 0.6) is 0 Å². The SMILES string of the molecule is CC(C)CN1CC2(CCN(C(=O)c3cnc4ccccc4c3)CC2)[C@]2(CCN(C)C2=O)C1. The van der Waals surface area contributed by atoms with Crippen LogP contribution in [0.4, 0.5) is 0 Å². The molecule has 3 fully saturated rings. The summed E-state index contributed by atoms with van der Waals surface area (Å²) in [7, 11) is 1.95. The molecule has 1 atom stereocenters. The van der Waals surface area contributed by atoms with Gasteiger partial charge in [0.1, 0.15) is 0 Å². The molecule has 3 saturated heterocycles. The van der Waals surface area contributed by atoms with Gasteiger partial charge in [-0.15, -0.1) is 0 Å². The van der Waals surface area contributed by atoms with Gasteiger partial charge in [-0.2, -0.15) is 0 Å². The molecule has 32 heavy (non-hydrogen) atoms. The van der Waals surface area contributed by atoms with Crippen molar-refractivity contribution in [3.05, 3.63) is 42.1 Å². The van der Waals surface area contributed by atoms with Gasteiger partial charge in [0.05, 0.1) is 16.5 Å². The molecular weight excluding hydrogens is 400 g/mol. The molecule has 4 heterocycles. The average molecular weight is 435 g/mol. The Bertz CT molecular complexity index is 1040. The first-order valence-electron chi connectivity index (χ1n) is 12.0. The van der Waals surface area contributed by atoms with Crippen LogP contribution in [0.3, 0.4) is 0 Å². The number of aromatic nitrogens is 1. The summed E-state index contributed by atoms with van der Waals surface area (Å²) in [5, 5.41) is 0.991. The first-order valence-corrected chi connectivity index (χ1v) is 12.0. The highest BCUT2D eigenvalue weighted by Gasteiger charge is 2.64. The number of carbonyl (C=O) groups is 2. The van der Waals surface area contributed by atoms with E-state index in [0.29, 0.717) is 30.5 Å². The standard InChI is InChI=1S/C26H34N4O2/c1-19(2)16-29-17-25(26(18-29)10-11-28(3)24(26)32)8-12-30(13-9-25)23(31)21-14-20-6-4-5-7-22(20)27-15-21/h4-7,14-15,19H,8-13,16-18H2,1-3H3/t26-/m1/s1. The van der Waals surface area contributed by atoms with Gasteiger partial charge in [0.25, 0.3) is 5.91 Å². The van der Waals surface area contributed by atoms with Crippen molar-refractivity contribution in [3.63, 3.8) is 0 Å². The van der Waals surface area contributed by atoms with Gasteiger partial charge in [-0.25, -0.2) is 0 Å². The van der Waals surface area contributed by atoms with Crippen molar-refractivity contribution < 1.29 is 9.59 Å². The average Bonchev–Trinajstić information content (AvgIpc) is 3.24. The predicted molar refractivity (Wildman–Crippen MR) is 125 cm³/mol. The molecule has 3 aliphatic heterocycles. The molecule has 6 nitrogen and oxygen atoms in total. The lowest BCUT2D eigenvalue weighted by atomic mass is 9.60. The number of likely N-dealkylation sites (tertiary alicyclic amines) is 3. The lowest BCUT2D eigenvalue weighted by Gasteiger charge is -2.47. The zero-order chi connectivity index (χ0) is 22.5. The lowest BCUT2D eigenvalue weighted by molar-refractivity contribution is -0.141. The van der Waals surface area contributed by atoms with Crippen LogP contribution < -0.4 is 0 Å². The second-order valence-electron chi connectivity index (χ2n) is 10.6. The van der Waals surface area contributed by atoms with Gasteiger partial charge in [0.2, 0.25) is 5.91 Å². The first kappa shape index (κ1) is 21.4. The van der Waals surface area contributed by atoms with Crippen molar-refractivity contribution >= 4 is 22.7 Å². The highest BCUT2D eigenvalue weighted by Crippen LogP contribution is 2.57. The molecule has 170 valence electrons. The third-order valence-corrected chi connectivity index (χ3v) is 8.13. The van der Waals surface area contributed by atoms with Crippen LogP contribution in [0.15, 0.2) is 36.5 Å². The largest absolute Gasteiger partial charge is 0.345 e. The minimum Gasteiger partial charge on any atom is -0.345 e. The normalized spacial score (nSPS) is 25.7. The molecule has 2 amide bonds. The molecule has 0 unspecified atom stereocenters. The molecule has 0 aliphatic carbocycles. The number of fused-ring (bicyclic) bond motifs is 2. The number of piperidine rings is 1. The van der Waals surface area contributed by atoms with E-state index in [4.69, 9.17) is 0 Å². The topological polar surface area (TPSA) is 56.8 Å². The number of pyridine rings is 1. The number of hydrogen-bond acceptors (Lipinski definition) is 4. The van der Waals surface area contributed by atoms with E-state index in [9.17, 15) is 9.59 Å². The molecule has 2 spiro atoms. The number of benzene rings is 1. The van der Waals surface area contributed by atoms with Crippen LogP contribution in [-0.2, 0) is 4.79 Å². The second-order valence-corrected chi connectivity index (χ2v) is 10.6. The Balaban J connectivity index is 1.36. The van der Waals surface area contributed by atoms with Crippen LogP contribution in [0.25, 0.3) is 10.9 Å². The maximum atomic E-state index is 13.4. The van der Waals surface area contributed by atoms with Crippen molar-refractivity contribution in [2.75, 3.05) is 46.3 Å². The van der Waals surface area contributed by atoms with E-state index in [-0.39, 0.29) is 16.7 Å². The lowest BCUT2D eigenvalue weighted by Crippen LogP contribution is -2.53. The van der Waals surface area contributed by atoms with Gasteiger partial charge in [0.15, 0.2) is 0 Å². The minimum atomic E-state index is -0.281. The fourth-order valence-corrected chi connectivity index (χ4v) is 6.55. The predicted octanol–water partition coefficient (Wildman–Crippen LogP) is 3.28. The number of carbonyl (C=O) groups excluding carboxylic acids is 2. The maximum absolute atomic E-state index is 13.4. The molecule has 3 aliphatic rings. The van der Waals surface area contributed by atoms with E-state index in [1.165, 1.54) is 0 Å². The Hall–Kier alpha value is -2.47. The summed E-state index contributed by atoms with van der Waals surface area (Å²) in [4.78, 5) is 37.6. The highest BCUT2D eigenvalue weighted by atomic mass is 16.2. The monoisotopic (exact) mass is 434 g/mol. The van der Waals surface area contributed by atoms with Crippen LogP contribution in [0.2, 0.25) is 0 Å². The van der Waals surface area contributed by atoms with Gasteiger partial charge in [-0.3, -0.25) is 14.6 Å². The molecule has 0 bridgehead atoms. The van der Waals surface area contributed by atoms with Crippen molar-refractivity contribution in [3.8, 4) is 0 Å². The summed E-state index contributed by atoms with van der Waals surface area (Å²) < 4.78 is 0. The Morgan fingerprint density at radius 3 is 2.53 bits per heavy atom. The van der Waals surface area contributed by atoms with Crippen LogP contribution in [0, 0.1) is 16.7 Å². The van der Waals surface area contributed by atoms with E-state index < -0.39 is 0 Å². The Kier molecular flexibility index (Phi) is 5.24. The summed E-state index contributed by atoms with van der Waals surface area (Å²) >= 11 is 0. The van der Waals surface area contributed by atoms with E-state index in [1.807, 2.05) is 47.2 Å². The summed E-state index contributed by atoms with van der Waals surface area (Å²) in [6, 6.07) is 9.85. The summed E-state index contributed by atoms with van der Waals surface area (Å²) in [5.74, 6) is 0.958. The van der Waals surface area contributed by atoms with E-state index >= 15 is 0 Å². The third-order valence-electron chi connectivity index (χ3n) is 8.13. The molecule has 2 aromatic rings. The molecule has 0 saturated carbocycles. The Morgan fingerprint density at radius 2 is 1.84 bits per heavy atom. The van der Waals surface area contributed by atoms with Crippen molar-refractivity contribution in [2.45, 2.75) is 33.1 Å². The molecular formula is C26H34N4O2. The van der Waals surface area contributed by atoms with Crippen LogP contribution in [-0.4, -0.2) is 77.8 Å². The van der Waals surface area contributed by atoms with Crippen LogP contribution in [0.1, 0.15) is 43.5 Å². The first-order chi connectivity index (χ1) is 15.3. The van der Waals surface area contributed by atoms with Gasteiger partial charge < -0.3 is 14.7 Å². The fraction of sp³-hybridized carbons (Fsp3) is 0.577. The third kappa shape index (κ3) is 3.31. The molecule has 1 aromatic carbocycles. The zero-order valence-electron chi connectivity index (χ0n) is 19.5. The summed E-state index contributed by atoms with van der Waals surface area (Å²) in [6.45, 7) is 9.65. The molecule has 0 N–H and O–H groups in total. The quantitative estimate of drug-likeness (QED) is 0.744. The second kappa shape index (κ2) is 7.84. The minimum absolute atomic E-state index is 0.0256.